The predicted molar refractivity (Wildman–Crippen MR) is 99.0 cm³/mol. The van der Waals surface area contributed by atoms with Crippen LogP contribution >= 0.6 is 15.9 Å². The van der Waals surface area contributed by atoms with E-state index in [-0.39, 0.29) is 5.75 Å². The summed E-state index contributed by atoms with van der Waals surface area (Å²) >= 11 is 3.32. The lowest BCUT2D eigenvalue weighted by atomic mass is 9.86. The summed E-state index contributed by atoms with van der Waals surface area (Å²) in [6.45, 7) is 0. The van der Waals surface area contributed by atoms with Crippen LogP contribution in [-0.2, 0) is 14.4 Å². The Bertz CT molecular complexity index is 948. The molecule has 2 aromatic carbocycles. The molecule has 4 rings (SSSR count). The van der Waals surface area contributed by atoms with Crippen molar-refractivity contribution in [3.05, 3.63) is 58.6 Å². The third kappa shape index (κ3) is 2.72. The van der Waals surface area contributed by atoms with E-state index in [9.17, 15) is 24.6 Å². The number of phenolic OH excluding ortho intramolecular Hbond substituents is 1. The number of carbonyl (C=O) groups excluding carboxylic acids is 2. The van der Waals surface area contributed by atoms with Crippen molar-refractivity contribution in [3.63, 3.8) is 0 Å². The van der Waals surface area contributed by atoms with Gasteiger partial charge in [0.05, 0.1) is 17.5 Å². The number of aromatic hydroxyl groups is 1. The molecule has 0 aromatic heterocycles. The fourth-order valence-corrected chi connectivity index (χ4v) is 4.31. The maximum atomic E-state index is 13.1. The van der Waals surface area contributed by atoms with E-state index in [1.54, 1.807) is 42.5 Å². The first kappa shape index (κ1) is 17.7. The van der Waals surface area contributed by atoms with Crippen LogP contribution < -0.4 is 10.2 Å². The molecule has 2 aliphatic heterocycles. The molecule has 4 unspecified atom stereocenters. The van der Waals surface area contributed by atoms with Gasteiger partial charge in [0.1, 0.15) is 11.8 Å². The van der Waals surface area contributed by atoms with Crippen LogP contribution in [0.15, 0.2) is 53.0 Å². The van der Waals surface area contributed by atoms with Gasteiger partial charge >= 0.3 is 5.97 Å². The number of hydrogen-bond acceptors (Lipinski definition) is 5. The van der Waals surface area contributed by atoms with E-state index in [1.165, 1.54) is 6.07 Å². The molecular weight excluding hydrogens is 416 g/mol. The maximum absolute atomic E-state index is 13.1. The summed E-state index contributed by atoms with van der Waals surface area (Å²) in [6.07, 6.45) is 0. The fraction of sp³-hybridized carbons (Fsp3) is 0.211. The normalized spacial score (nSPS) is 27.1. The lowest BCUT2D eigenvalue weighted by molar-refractivity contribution is -0.142. The number of hydrogen-bond donors (Lipinski definition) is 3. The Morgan fingerprint density at radius 3 is 2.37 bits per heavy atom. The maximum Gasteiger partial charge on any atom is 0.321 e. The number of imide groups is 1. The summed E-state index contributed by atoms with van der Waals surface area (Å²) in [6, 6.07) is 11.1. The minimum Gasteiger partial charge on any atom is -0.508 e. The summed E-state index contributed by atoms with van der Waals surface area (Å²) in [5.74, 6) is -4.26. The average molecular weight is 431 g/mol. The summed E-state index contributed by atoms with van der Waals surface area (Å²) in [7, 11) is 0. The molecule has 3 N–H and O–H groups in total. The first-order valence-electron chi connectivity index (χ1n) is 8.30. The highest BCUT2D eigenvalue weighted by Crippen LogP contribution is 2.47. The van der Waals surface area contributed by atoms with Crippen LogP contribution in [0.3, 0.4) is 0 Å². The molecule has 0 spiro atoms. The van der Waals surface area contributed by atoms with Gasteiger partial charge in [0.15, 0.2) is 0 Å². The van der Waals surface area contributed by atoms with Crippen LogP contribution in [0.2, 0.25) is 0 Å². The molecule has 2 amide bonds. The highest BCUT2D eigenvalue weighted by Gasteiger charge is 2.61. The largest absolute Gasteiger partial charge is 0.508 e. The zero-order chi connectivity index (χ0) is 19.3. The lowest BCUT2D eigenvalue weighted by Crippen LogP contribution is -2.43. The summed E-state index contributed by atoms with van der Waals surface area (Å²) in [4.78, 5) is 38.9. The summed E-state index contributed by atoms with van der Waals surface area (Å²) in [5.41, 5.74) is 0.780. The van der Waals surface area contributed by atoms with E-state index in [1.807, 2.05) is 0 Å². The number of nitrogens with one attached hydrogen (secondary N) is 1. The predicted octanol–water partition coefficient (Wildman–Crippen LogP) is 2.06. The number of fused-ring (bicyclic) bond motifs is 1. The molecule has 2 saturated heterocycles. The smallest absolute Gasteiger partial charge is 0.321 e. The van der Waals surface area contributed by atoms with E-state index in [4.69, 9.17) is 0 Å². The molecule has 0 aliphatic carbocycles. The average Bonchev–Trinajstić information content (AvgIpc) is 3.15. The number of para-hydroxylation sites is 1. The molecule has 4 atom stereocenters. The molecule has 0 radical (unpaired) electrons. The Balaban J connectivity index is 1.81. The van der Waals surface area contributed by atoms with Crippen LogP contribution in [0.1, 0.15) is 11.6 Å². The molecule has 2 aromatic rings. The van der Waals surface area contributed by atoms with Crippen molar-refractivity contribution in [2.24, 2.45) is 11.8 Å². The van der Waals surface area contributed by atoms with E-state index in [2.05, 4.69) is 21.2 Å². The standard InChI is InChI=1S/C19H15BrN2O5/c20-9-6-7-12(23)11(8-9)15-13-14(16(21-15)19(26)27)18(25)22(17(13)24)10-4-2-1-3-5-10/h1-8,13-16,21,23H,(H,26,27). The van der Waals surface area contributed by atoms with Crippen molar-refractivity contribution in [2.75, 3.05) is 4.90 Å². The molecule has 138 valence electrons. The number of rotatable bonds is 3. The number of anilines is 1. The number of aliphatic carboxylic acids is 1. The molecule has 2 heterocycles. The molecule has 0 bridgehead atoms. The van der Waals surface area contributed by atoms with Gasteiger partial charge in [-0.2, -0.15) is 0 Å². The van der Waals surface area contributed by atoms with Gasteiger partial charge in [0.2, 0.25) is 11.8 Å². The van der Waals surface area contributed by atoms with Crippen LogP contribution in [-0.4, -0.2) is 34.0 Å². The highest BCUT2D eigenvalue weighted by atomic mass is 79.9. The van der Waals surface area contributed by atoms with Crippen LogP contribution in [0, 0.1) is 11.8 Å². The Kier molecular flexibility index (Phi) is 4.24. The number of carbonyl (C=O) groups is 3. The van der Waals surface area contributed by atoms with Gasteiger partial charge in [0.25, 0.3) is 0 Å². The number of benzene rings is 2. The second-order valence-corrected chi connectivity index (χ2v) is 7.48. The third-order valence-electron chi connectivity index (χ3n) is 5.08. The molecule has 8 heteroatoms. The second kappa shape index (κ2) is 6.47. The van der Waals surface area contributed by atoms with Crippen molar-refractivity contribution in [2.45, 2.75) is 12.1 Å². The number of phenols is 1. The topological polar surface area (TPSA) is 107 Å². The molecule has 27 heavy (non-hydrogen) atoms. The molecule has 2 aliphatic rings. The van der Waals surface area contributed by atoms with E-state index in [0.717, 1.165) is 4.90 Å². The van der Waals surface area contributed by atoms with Crippen molar-refractivity contribution in [1.29, 1.82) is 0 Å². The van der Waals surface area contributed by atoms with Crippen LogP contribution in [0.25, 0.3) is 0 Å². The van der Waals surface area contributed by atoms with Gasteiger partial charge in [-0.15, -0.1) is 0 Å². The third-order valence-corrected chi connectivity index (χ3v) is 5.57. The van der Waals surface area contributed by atoms with Crippen LogP contribution in [0.4, 0.5) is 5.69 Å². The first-order valence-corrected chi connectivity index (χ1v) is 9.09. The van der Waals surface area contributed by atoms with Gasteiger partial charge < -0.3 is 10.2 Å². The Morgan fingerprint density at radius 1 is 1.04 bits per heavy atom. The quantitative estimate of drug-likeness (QED) is 0.643. The van der Waals surface area contributed by atoms with Gasteiger partial charge in [-0.25, -0.2) is 4.90 Å². The van der Waals surface area contributed by atoms with E-state index in [0.29, 0.717) is 15.7 Å². The molecule has 0 saturated carbocycles. The van der Waals surface area contributed by atoms with E-state index >= 15 is 0 Å². The summed E-state index contributed by atoms with van der Waals surface area (Å²) in [5, 5.41) is 22.7. The number of amides is 2. The minimum atomic E-state index is -1.22. The SMILES string of the molecule is O=C(O)C1NC(c2cc(Br)ccc2O)C2C(=O)N(c3ccccc3)C(=O)C12. The fourth-order valence-electron chi connectivity index (χ4n) is 3.93. The second-order valence-electron chi connectivity index (χ2n) is 6.56. The number of carboxylic acid groups (broad SMARTS) is 1. The number of halogens is 1. The molecular formula is C19H15BrN2O5. The van der Waals surface area contributed by atoms with Gasteiger partial charge in [-0.05, 0) is 30.3 Å². The van der Waals surface area contributed by atoms with Crippen molar-refractivity contribution < 1.29 is 24.6 Å². The molecule has 7 nitrogen and oxygen atoms in total. The van der Waals surface area contributed by atoms with Crippen LogP contribution in [0.5, 0.6) is 5.75 Å². The van der Waals surface area contributed by atoms with Crippen molar-refractivity contribution >= 4 is 39.4 Å². The lowest BCUT2D eigenvalue weighted by Gasteiger charge is -2.22. The van der Waals surface area contributed by atoms with E-state index < -0.39 is 41.7 Å². The van der Waals surface area contributed by atoms with Gasteiger partial charge in [0, 0.05) is 16.1 Å². The molecule has 2 fully saturated rings. The van der Waals surface area contributed by atoms with Gasteiger partial charge in [-0.1, -0.05) is 34.1 Å². The van der Waals surface area contributed by atoms with Crippen molar-refractivity contribution in [3.8, 4) is 5.75 Å². The zero-order valence-corrected chi connectivity index (χ0v) is 15.5. The Labute approximate surface area is 162 Å². The number of nitrogens with zero attached hydrogens (tertiary/aromatic N) is 1. The van der Waals surface area contributed by atoms with Crippen molar-refractivity contribution in [1.82, 2.24) is 5.32 Å². The van der Waals surface area contributed by atoms with Gasteiger partial charge in [-0.3, -0.25) is 19.7 Å². The Hall–Kier alpha value is -2.71. The summed E-state index contributed by atoms with van der Waals surface area (Å²) < 4.78 is 0.670. The number of carboxylic acids is 1. The zero-order valence-electron chi connectivity index (χ0n) is 13.9. The monoisotopic (exact) mass is 430 g/mol. The first-order chi connectivity index (χ1) is 12.9. The minimum absolute atomic E-state index is 0.0705. The highest BCUT2D eigenvalue weighted by molar-refractivity contribution is 9.10. The Morgan fingerprint density at radius 2 is 1.70 bits per heavy atom.